The van der Waals surface area contributed by atoms with E-state index in [9.17, 15) is 9.50 Å². The second-order valence-corrected chi connectivity index (χ2v) is 7.93. The summed E-state index contributed by atoms with van der Waals surface area (Å²) in [4.78, 5) is 2.29. The summed E-state index contributed by atoms with van der Waals surface area (Å²) in [6.07, 6.45) is 2.55. The molecule has 156 valence electrons. The molecule has 0 radical (unpaired) electrons. The third-order valence-corrected chi connectivity index (χ3v) is 5.61. The van der Waals surface area contributed by atoms with Crippen molar-refractivity contribution in [2.75, 3.05) is 33.0 Å². The molecule has 0 aromatic heterocycles. The number of ether oxygens (including phenoxy) is 3. The van der Waals surface area contributed by atoms with E-state index >= 15 is 0 Å². The molecule has 2 aliphatic rings. The van der Waals surface area contributed by atoms with Crippen LogP contribution in [0.5, 0.6) is 11.5 Å². The van der Waals surface area contributed by atoms with E-state index in [0.717, 1.165) is 55.0 Å². The van der Waals surface area contributed by atoms with E-state index in [4.69, 9.17) is 14.2 Å². The van der Waals surface area contributed by atoms with Crippen LogP contribution in [-0.4, -0.2) is 49.1 Å². The minimum atomic E-state index is -0.510. The first kappa shape index (κ1) is 20.1. The van der Waals surface area contributed by atoms with Gasteiger partial charge in [-0.3, -0.25) is 0 Å². The number of hydrogen-bond donors (Lipinski definition) is 1. The topological polar surface area (TPSA) is 51.2 Å². The van der Waals surface area contributed by atoms with E-state index in [0.29, 0.717) is 25.7 Å². The van der Waals surface area contributed by atoms with Crippen LogP contribution < -0.4 is 9.47 Å². The number of aliphatic hydroxyl groups excluding tert-OH is 1. The summed E-state index contributed by atoms with van der Waals surface area (Å²) < 4.78 is 29.7. The fourth-order valence-electron chi connectivity index (χ4n) is 4.06. The summed E-state index contributed by atoms with van der Waals surface area (Å²) in [6, 6.07) is 12.6. The first-order chi connectivity index (χ1) is 14.2. The Bertz CT molecular complexity index is 807. The van der Waals surface area contributed by atoms with Crippen molar-refractivity contribution >= 4 is 0 Å². The Balaban J connectivity index is 1.14. The van der Waals surface area contributed by atoms with Gasteiger partial charge >= 0.3 is 0 Å². The van der Waals surface area contributed by atoms with Crippen molar-refractivity contribution in [3.05, 3.63) is 59.4 Å². The number of nitrogens with zero attached hydrogens (tertiary/aromatic N) is 1. The molecule has 29 heavy (non-hydrogen) atoms. The quantitative estimate of drug-likeness (QED) is 0.735. The SMILES string of the molecule is OC(COCc1ccc2c(c1)OCO2)CN1CCC(Cc2cccc(F)c2)CC1. The van der Waals surface area contributed by atoms with Gasteiger partial charge in [0.1, 0.15) is 5.82 Å². The zero-order valence-electron chi connectivity index (χ0n) is 16.6. The Morgan fingerprint density at radius 3 is 2.72 bits per heavy atom. The minimum absolute atomic E-state index is 0.163. The van der Waals surface area contributed by atoms with Crippen molar-refractivity contribution in [3.63, 3.8) is 0 Å². The van der Waals surface area contributed by atoms with E-state index in [1.54, 1.807) is 12.1 Å². The van der Waals surface area contributed by atoms with Crippen LogP contribution in [0.3, 0.4) is 0 Å². The highest BCUT2D eigenvalue weighted by Gasteiger charge is 2.21. The average molecular weight is 401 g/mol. The van der Waals surface area contributed by atoms with Crippen molar-refractivity contribution in [2.24, 2.45) is 5.92 Å². The van der Waals surface area contributed by atoms with Crippen molar-refractivity contribution in [3.8, 4) is 11.5 Å². The molecule has 0 aliphatic carbocycles. The van der Waals surface area contributed by atoms with E-state index in [2.05, 4.69) is 4.90 Å². The number of hydrogen-bond acceptors (Lipinski definition) is 5. The van der Waals surface area contributed by atoms with Gasteiger partial charge in [-0.25, -0.2) is 4.39 Å². The van der Waals surface area contributed by atoms with Crippen LogP contribution in [0.1, 0.15) is 24.0 Å². The largest absolute Gasteiger partial charge is 0.454 e. The monoisotopic (exact) mass is 401 g/mol. The lowest BCUT2D eigenvalue weighted by molar-refractivity contribution is 0.00448. The summed E-state index contributed by atoms with van der Waals surface area (Å²) in [7, 11) is 0. The number of aliphatic hydroxyl groups is 1. The molecule has 2 aromatic rings. The van der Waals surface area contributed by atoms with Gasteiger partial charge in [0.05, 0.1) is 19.3 Å². The third kappa shape index (κ3) is 5.69. The highest BCUT2D eigenvalue weighted by Crippen LogP contribution is 2.32. The van der Waals surface area contributed by atoms with Crippen molar-refractivity contribution in [1.82, 2.24) is 4.90 Å². The molecule has 2 aliphatic heterocycles. The predicted molar refractivity (Wildman–Crippen MR) is 107 cm³/mol. The number of fused-ring (bicyclic) bond motifs is 1. The molecule has 0 bridgehead atoms. The van der Waals surface area contributed by atoms with Crippen molar-refractivity contribution in [2.45, 2.75) is 32.0 Å². The van der Waals surface area contributed by atoms with Crippen LogP contribution >= 0.6 is 0 Å². The Kier molecular flexibility index (Phi) is 6.64. The molecule has 1 saturated heterocycles. The maximum atomic E-state index is 13.3. The zero-order chi connectivity index (χ0) is 20.1. The number of rotatable bonds is 8. The van der Waals surface area contributed by atoms with Gasteiger partial charge in [0, 0.05) is 6.54 Å². The van der Waals surface area contributed by atoms with Gasteiger partial charge in [0.25, 0.3) is 0 Å². The molecule has 1 fully saturated rings. The minimum Gasteiger partial charge on any atom is -0.454 e. The molecular formula is C23H28FNO4. The standard InChI is InChI=1S/C23H28FNO4/c24-20-3-1-2-18(11-20)10-17-6-8-25(9-7-17)13-21(26)15-27-14-19-4-5-22-23(12-19)29-16-28-22/h1-5,11-12,17,21,26H,6-10,13-16H2. The van der Waals surface area contributed by atoms with Gasteiger partial charge < -0.3 is 24.2 Å². The van der Waals surface area contributed by atoms with Crippen LogP contribution in [0, 0.1) is 11.7 Å². The molecule has 1 unspecified atom stereocenters. The lowest BCUT2D eigenvalue weighted by Crippen LogP contribution is -2.40. The van der Waals surface area contributed by atoms with Crippen molar-refractivity contribution in [1.29, 1.82) is 0 Å². The molecular weight excluding hydrogens is 373 g/mol. The van der Waals surface area contributed by atoms with Gasteiger partial charge in [-0.2, -0.15) is 0 Å². The van der Waals surface area contributed by atoms with E-state index < -0.39 is 6.10 Å². The first-order valence-electron chi connectivity index (χ1n) is 10.3. The molecule has 5 nitrogen and oxygen atoms in total. The van der Waals surface area contributed by atoms with E-state index in [1.165, 1.54) is 6.07 Å². The van der Waals surface area contributed by atoms with Crippen LogP contribution in [0.2, 0.25) is 0 Å². The Hall–Kier alpha value is -2.15. The summed E-state index contributed by atoms with van der Waals surface area (Å²) >= 11 is 0. The second-order valence-electron chi connectivity index (χ2n) is 7.93. The van der Waals surface area contributed by atoms with E-state index in [-0.39, 0.29) is 12.6 Å². The number of halogens is 1. The highest BCUT2D eigenvalue weighted by atomic mass is 19.1. The maximum Gasteiger partial charge on any atom is 0.231 e. The molecule has 2 heterocycles. The second kappa shape index (κ2) is 9.57. The smallest absolute Gasteiger partial charge is 0.231 e. The van der Waals surface area contributed by atoms with Crippen molar-refractivity contribution < 1.29 is 23.7 Å². The van der Waals surface area contributed by atoms with Gasteiger partial charge in [0.2, 0.25) is 6.79 Å². The Labute approximate surface area is 171 Å². The van der Waals surface area contributed by atoms with Gasteiger partial charge in [0.15, 0.2) is 11.5 Å². The summed E-state index contributed by atoms with van der Waals surface area (Å²) in [5.74, 6) is 1.92. The summed E-state index contributed by atoms with van der Waals surface area (Å²) in [6.45, 7) is 3.53. The van der Waals surface area contributed by atoms with Crippen LogP contribution in [0.25, 0.3) is 0 Å². The molecule has 1 N–H and O–H groups in total. The number of likely N-dealkylation sites (tertiary alicyclic amines) is 1. The van der Waals surface area contributed by atoms with Crippen LogP contribution in [0.15, 0.2) is 42.5 Å². The third-order valence-electron chi connectivity index (χ3n) is 5.61. The van der Waals surface area contributed by atoms with Crippen LogP contribution in [-0.2, 0) is 17.8 Å². The van der Waals surface area contributed by atoms with Gasteiger partial charge in [-0.15, -0.1) is 0 Å². The summed E-state index contributed by atoms with van der Waals surface area (Å²) in [5.41, 5.74) is 2.07. The predicted octanol–water partition coefficient (Wildman–Crippen LogP) is 3.39. The lowest BCUT2D eigenvalue weighted by atomic mass is 9.90. The number of benzene rings is 2. The lowest BCUT2D eigenvalue weighted by Gasteiger charge is -2.33. The normalized spacial score (nSPS) is 18.1. The highest BCUT2D eigenvalue weighted by molar-refractivity contribution is 5.44. The molecule has 2 aromatic carbocycles. The molecule has 0 amide bonds. The molecule has 6 heteroatoms. The van der Waals surface area contributed by atoms with Crippen LogP contribution in [0.4, 0.5) is 4.39 Å². The number of β-amino-alcohol motifs (C(OH)–C–C–N with tert-alkyl or cyclic N) is 1. The van der Waals surface area contributed by atoms with Gasteiger partial charge in [-0.1, -0.05) is 18.2 Å². The fourth-order valence-corrected chi connectivity index (χ4v) is 4.06. The molecule has 0 spiro atoms. The molecule has 0 saturated carbocycles. The van der Waals surface area contributed by atoms with Gasteiger partial charge in [-0.05, 0) is 73.7 Å². The number of piperidine rings is 1. The molecule has 1 atom stereocenters. The summed E-state index contributed by atoms with van der Waals surface area (Å²) in [5, 5.41) is 10.3. The first-order valence-corrected chi connectivity index (χ1v) is 10.3. The average Bonchev–Trinajstić information content (AvgIpc) is 3.17. The fraction of sp³-hybridized carbons (Fsp3) is 0.478. The Morgan fingerprint density at radius 2 is 1.90 bits per heavy atom. The maximum absolute atomic E-state index is 13.3. The molecule has 4 rings (SSSR count). The zero-order valence-corrected chi connectivity index (χ0v) is 16.6. The Morgan fingerprint density at radius 1 is 1.07 bits per heavy atom. The van der Waals surface area contributed by atoms with E-state index in [1.807, 2.05) is 24.3 Å².